The summed E-state index contributed by atoms with van der Waals surface area (Å²) in [7, 11) is 1.46. The van der Waals surface area contributed by atoms with Crippen LogP contribution in [0.5, 0.6) is 11.5 Å². The summed E-state index contributed by atoms with van der Waals surface area (Å²) in [5, 5.41) is 19.1. The highest BCUT2D eigenvalue weighted by molar-refractivity contribution is 6.33. The molecule has 19 heavy (non-hydrogen) atoms. The Hall–Kier alpha value is -2.20. The molecule has 0 amide bonds. The average Bonchev–Trinajstić information content (AvgIpc) is 2.40. The van der Waals surface area contributed by atoms with E-state index in [0.717, 1.165) is 0 Å². The van der Waals surface area contributed by atoms with Gasteiger partial charge in [0.1, 0.15) is 11.5 Å². The van der Waals surface area contributed by atoms with Crippen molar-refractivity contribution in [3.8, 4) is 22.6 Å². The van der Waals surface area contributed by atoms with Gasteiger partial charge in [-0.1, -0.05) is 11.6 Å². The van der Waals surface area contributed by atoms with Gasteiger partial charge in [-0.2, -0.15) is 0 Å². The number of hydrogen-bond donors (Lipinski definition) is 2. The van der Waals surface area contributed by atoms with Crippen LogP contribution in [-0.2, 0) is 0 Å². The van der Waals surface area contributed by atoms with Gasteiger partial charge in [0.2, 0.25) is 0 Å². The van der Waals surface area contributed by atoms with Crippen LogP contribution in [0.2, 0.25) is 5.02 Å². The molecule has 0 aliphatic heterocycles. The highest BCUT2D eigenvalue weighted by Gasteiger charge is 2.15. The van der Waals surface area contributed by atoms with E-state index in [9.17, 15) is 15.0 Å². The van der Waals surface area contributed by atoms with Crippen molar-refractivity contribution in [2.45, 2.75) is 0 Å². The predicted molar refractivity (Wildman–Crippen MR) is 72.1 cm³/mol. The van der Waals surface area contributed by atoms with Crippen LogP contribution in [0.1, 0.15) is 10.4 Å². The molecule has 0 heterocycles. The van der Waals surface area contributed by atoms with Crippen molar-refractivity contribution < 1.29 is 19.7 Å². The number of methoxy groups -OCH3 is 1. The Balaban J connectivity index is 2.67. The van der Waals surface area contributed by atoms with E-state index in [0.29, 0.717) is 21.9 Å². The molecule has 5 heteroatoms. The van der Waals surface area contributed by atoms with Crippen molar-refractivity contribution in [1.29, 1.82) is 0 Å². The second-order valence-electron chi connectivity index (χ2n) is 3.88. The van der Waals surface area contributed by atoms with Crippen LogP contribution in [0.15, 0.2) is 36.4 Å². The van der Waals surface area contributed by atoms with Crippen LogP contribution in [0, 0.1) is 0 Å². The fourth-order valence-corrected chi connectivity index (χ4v) is 2.00. The highest BCUT2D eigenvalue weighted by Crippen LogP contribution is 2.34. The normalized spacial score (nSPS) is 10.2. The first kappa shape index (κ1) is 13.2. The van der Waals surface area contributed by atoms with Gasteiger partial charge in [-0.15, -0.1) is 0 Å². The maximum absolute atomic E-state index is 11.3. The zero-order valence-corrected chi connectivity index (χ0v) is 10.8. The van der Waals surface area contributed by atoms with Crippen molar-refractivity contribution >= 4 is 17.6 Å². The van der Waals surface area contributed by atoms with E-state index in [4.69, 9.17) is 16.3 Å². The molecule has 0 aromatic heterocycles. The molecule has 2 aromatic carbocycles. The molecule has 0 saturated heterocycles. The quantitative estimate of drug-likeness (QED) is 0.903. The second kappa shape index (κ2) is 5.20. The SMILES string of the molecule is COc1ccc(-c2cc(O)ccc2Cl)c(C(=O)O)c1. The van der Waals surface area contributed by atoms with Gasteiger partial charge < -0.3 is 14.9 Å². The number of halogens is 1. The number of aromatic hydroxyl groups is 1. The van der Waals surface area contributed by atoms with Gasteiger partial charge in [0.25, 0.3) is 0 Å². The van der Waals surface area contributed by atoms with E-state index < -0.39 is 5.97 Å². The summed E-state index contributed by atoms with van der Waals surface area (Å²) in [5.41, 5.74) is 0.947. The standard InChI is InChI=1S/C14H11ClO4/c1-19-9-3-4-10(12(7-9)14(17)18)11-6-8(16)2-5-13(11)15/h2-7,16H,1H3,(H,17,18). The summed E-state index contributed by atoms with van der Waals surface area (Å²) in [5.74, 6) is -0.628. The summed E-state index contributed by atoms with van der Waals surface area (Å²) in [6, 6.07) is 9.04. The Morgan fingerprint density at radius 3 is 2.53 bits per heavy atom. The molecule has 0 spiro atoms. The minimum absolute atomic E-state index is 0.0200. The van der Waals surface area contributed by atoms with Gasteiger partial charge in [0.15, 0.2) is 0 Å². The van der Waals surface area contributed by atoms with E-state index in [1.165, 1.54) is 31.4 Å². The lowest BCUT2D eigenvalue weighted by Crippen LogP contribution is -2.00. The number of aromatic carboxylic acids is 1. The van der Waals surface area contributed by atoms with Crippen molar-refractivity contribution in [2.24, 2.45) is 0 Å². The first-order chi connectivity index (χ1) is 9.02. The molecule has 0 bridgehead atoms. The fraction of sp³-hybridized carbons (Fsp3) is 0.0714. The number of carbonyl (C=O) groups is 1. The Morgan fingerprint density at radius 1 is 1.16 bits per heavy atom. The van der Waals surface area contributed by atoms with Crippen LogP contribution >= 0.6 is 11.6 Å². The Morgan fingerprint density at radius 2 is 1.89 bits per heavy atom. The fourth-order valence-electron chi connectivity index (χ4n) is 1.78. The van der Waals surface area contributed by atoms with Gasteiger partial charge in [-0.3, -0.25) is 0 Å². The van der Waals surface area contributed by atoms with E-state index >= 15 is 0 Å². The number of rotatable bonds is 3. The number of carboxylic acid groups (broad SMARTS) is 1. The number of carboxylic acids is 1. The van der Waals surface area contributed by atoms with Crippen molar-refractivity contribution in [2.75, 3.05) is 7.11 Å². The summed E-state index contributed by atoms with van der Waals surface area (Å²) >= 11 is 6.05. The topological polar surface area (TPSA) is 66.8 Å². The summed E-state index contributed by atoms with van der Waals surface area (Å²) in [6.07, 6.45) is 0. The van der Waals surface area contributed by atoms with Gasteiger partial charge in [-0.25, -0.2) is 4.79 Å². The second-order valence-corrected chi connectivity index (χ2v) is 4.29. The third kappa shape index (κ3) is 2.63. The molecule has 0 saturated carbocycles. The van der Waals surface area contributed by atoms with Gasteiger partial charge >= 0.3 is 5.97 Å². The van der Waals surface area contributed by atoms with Crippen LogP contribution < -0.4 is 4.74 Å². The first-order valence-corrected chi connectivity index (χ1v) is 5.81. The first-order valence-electron chi connectivity index (χ1n) is 5.43. The average molecular weight is 279 g/mol. The van der Waals surface area contributed by atoms with Gasteiger partial charge in [0.05, 0.1) is 12.7 Å². The molecule has 4 nitrogen and oxygen atoms in total. The predicted octanol–water partition coefficient (Wildman–Crippen LogP) is 3.42. The number of benzene rings is 2. The van der Waals surface area contributed by atoms with Crippen LogP contribution in [0.25, 0.3) is 11.1 Å². The zero-order chi connectivity index (χ0) is 14.0. The number of phenolic OH excluding ortho intramolecular Hbond substituents is 1. The smallest absolute Gasteiger partial charge is 0.336 e. The summed E-state index contributed by atoms with van der Waals surface area (Å²) in [4.78, 5) is 11.3. The van der Waals surface area contributed by atoms with E-state index in [-0.39, 0.29) is 11.3 Å². The summed E-state index contributed by atoms with van der Waals surface area (Å²) in [6.45, 7) is 0. The number of hydrogen-bond acceptors (Lipinski definition) is 3. The highest BCUT2D eigenvalue weighted by atomic mass is 35.5. The van der Waals surface area contributed by atoms with Crippen molar-refractivity contribution in [1.82, 2.24) is 0 Å². The third-order valence-corrected chi connectivity index (χ3v) is 3.03. The Kier molecular flexibility index (Phi) is 3.62. The zero-order valence-electron chi connectivity index (χ0n) is 10.1. The monoisotopic (exact) mass is 278 g/mol. The van der Waals surface area contributed by atoms with Gasteiger partial charge in [0, 0.05) is 10.6 Å². The Bertz CT molecular complexity index is 637. The van der Waals surface area contributed by atoms with E-state index in [2.05, 4.69) is 0 Å². The van der Waals surface area contributed by atoms with E-state index in [1.54, 1.807) is 12.1 Å². The van der Waals surface area contributed by atoms with Crippen molar-refractivity contribution in [3.63, 3.8) is 0 Å². The lowest BCUT2D eigenvalue weighted by atomic mass is 9.99. The van der Waals surface area contributed by atoms with Crippen LogP contribution in [-0.4, -0.2) is 23.3 Å². The largest absolute Gasteiger partial charge is 0.508 e. The number of phenols is 1. The van der Waals surface area contributed by atoms with Gasteiger partial charge in [-0.05, 0) is 42.0 Å². The molecule has 0 unspecified atom stereocenters. The Labute approximate surface area is 114 Å². The lowest BCUT2D eigenvalue weighted by Gasteiger charge is -2.10. The maximum Gasteiger partial charge on any atom is 0.336 e. The maximum atomic E-state index is 11.3. The number of ether oxygens (including phenoxy) is 1. The van der Waals surface area contributed by atoms with Crippen LogP contribution in [0.3, 0.4) is 0 Å². The minimum atomic E-state index is -1.09. The molecule has 0 aliphatic rings. The minimum Gasteiger partial charge on any atom is -0.508 e. The molecular weight excluding hydrogens is 268 g/mol. The molecule has 98 valence electrons. The molecular formula is C14H11ClO4. The molecule has 0 radical (unpaired) electrons. The lowest BCUT2D eigenvalue weighted by molar-refractivity contribution is 0.0697. The molecule has 2 aromatic rings. The molecule has 0 atom stereocenters. The third-order valence-electron chi connectivity index (χ3n) is 2.70. The van der Waals surface area contributed by atoms with E-state index in [1.807, 2.05) is 0 Å². The van der Waals surface area contributed by atoms with Crippen molar-refractivity contribution in [3.05, 3.63) is 47.0 Å². The molecule has 0 aliphatic carbocycles. The molecule has 2 rings (SSSR count). The summed E-state index contributed by atoms with van der Waals surface area (Å²) < 4.78 is 5.00. The van der Waals surface area contributed by atoms with Crippen LogP contribution in [0.4, 0.5) is 0 Å². The molecule has 2 N–H and O–H groups in total. The molecule has 0 fully saturated rings.